The average Bonchev–Trinajstić information content (AvgIpc) is 3.50. The molecule has 0 spiro atoms. The SMILES string of the molecule is NC(=O)C(c1cnccn1)[N+]12CCC(CC1)[C@@H](OC(=O)C(O)(c1cccs1)C1CCC(F)(F)C1)C2.[Br-]. The van der Waals surface area contributed by atoms with Crippen molar-refractivity contribution in [1.29, 1.82) is 0 Å². The molecule has 8 nitrogen and oxygen atoms in total. The lowest BCUT2D eigenvalue weighted by atomic mass is 9.80. The normalized spacial score (nSPS) is 31.1. The third-order valence-electron chi connectivity index (χ3n) is 8.10. The summed E-state index contributed by atoms with van der Waals surface area (Å²) in [6, 6.07) is 2.53. The van der Waals surface area contributed by atoms with Crippen LogP contribution in [0.2, 0.25) is 0 Å². The molecule has 6 rings (SSSR count). The summed E-state index contributed by atoms with van der Waals surface area (Å²) >= 11 is 1.15. The molecule has 196 valence electrons. The number of nitrogens with two attached hydrogens (primary N) is 1. The lowest BCUT2D eigenvalue weighted by Crippen LogP contribution is -3.00. The summed E-state index contributed by atoms with van der Waals surface area (Å²) in [5.74, 6) is -5.22. The quantitative estimate of drug-likeness (QED) is 0.335. The van der Waals surface area contributed by atoms with Crippen molar-refractivity contribution >= 4 is 23.2 Å². The predicted octanol–water partition coefficient (Wildman–Crippen LogP) is -0.456. The van der Waals surface area contributed by atoms with Crippen molar-refractivity contribution < 1.29 is 49.7 Å². The number of halogens is 3. The molecule has 1 saturated carbocycles. The second kappa shape index (κ2) is 10.0. The van der Waals surface area contributed by atoms with Crippen molar-refractivity contribution in [3.63, 3.8) is 0 Å². The third-order valence-corrected chi connectivity index (χ3v) is 9.10. The number of alkyl halides is 2. The van der Waals surface area contributed by atoms with Gasteiger partial charge < -0.3 is 37.0 Å². The van der Waals surface area contributed by atoms with Gasteiger partial charge in [-0.3, -0.25) is 14.8 Å². The maximum atomic E-state index is 14.1. The first kappa shape index (κ1) is 27.0. The Labute approximate surface area is 222 Å². The Morgan fingerprint density at radius 2 is 2.03 bits per heavy atom. The van der Waals surface area contributed by atoms with Gasteiger partial charge in [-0.05, 0) is 17.9 Å². The summed E-state index contributed by atoms with van der Waals surface area (Å²) in [6.45, 7) is 1.68. The number of thiophene rings is 1. The van der Waals surface area contributed by atoms with E-state index in [-0.39, 0.29) is 35.7 Å². The van der Waals surface area contributed by atoms with Gasteiger partial charge in [0, 0.05) is 54.8 Å². The van der Waals surface area contributed by atoms with Crippen LogP contribution in [0.25, 0.3) is 0 Å². The summed E-state index contributed by atoms with van der Waals surface area (Å²) in [5, 5.41) is 13.3. The molecule has 3 N–H and O–H groups in total. The number of primary amides is 1. The van der Waals surface area contributed by atoms with Crippen LogP contribution in [-0.2, 0) is 19.9 Å². The molecule has 36 heavy (non-hydrogen) atoms. The Kier molecular flexibility index (Phi) is 7.53. The number of nitrogens with zero attached hydrogens (tertiary/aromatic N) is 3. The zero-order valence-corrected chi connectivity index (χ0v) is 22.0. The largest absolute Gasteiger partial charge is 1.00 e. The Bertz CT molecular complexity index is 1090. The fourth-order valence-electron chi connectivity index (χ4n) is 6.31. The maximum Gasteiger partial charge on any atom is 0.344 e. The number of aliphatic hydroxyl groups is 1. The number of rotatable bonds is 7. The van der Waals surface area contributed by atoms with Crippen LogP contribution in [0, 0.1) is 11.8 Å². The number of carbonyl (C=O) groups is 2. The van der Waals surface area contributed by atoms with E-state index in [4.69, 9.17) is 10.5 Å². The van der Waals surface area contributed by atoms with Gasteiger partial charge in [0.05, 0.1) is 19.3 Å². The van der Waals surface area contributed by atoms with Crippen LogP contribution in [0.5, 0.6) is 0 Å². The highest BCUT2D eigenvalue weighted by Crippen LogP contribution is 2.50. The molecule has 2 bridgehead atoms. The highest BCUT2D eigenvalue weighted by atomic mass is 79.9. The lowest BCUT2D eigenvalue weighted by molar-refractivity contribution is -0.965. The van der Waals surface area contributed by atoms with Crippen LogP contribution in [0.1, 0.15) is 48.7 Å². The van der Waals surface area contributed by atoms with Gasteiger partial charge in [0.2, 0.25) is 12.0 Å². The maximum absolute atomic E-state index is 14.1. The van der Waals surface area contributed by atoms with Gasteiger partial charge in [0.25, 0.3) is 5.91 Å². The van der Waals surface area contributed by atoms with Crippen LogP contribution in [0.15, 0.2) is 36.1 Å². The summed E-state index contributed by atoms with van der Waals surface area (Å²) in [6.07, 6.45) is 4.49. The van der Waals surface area contributed by atoms with Crippen molar-refractivity contribution in [3.8, 4) is 0 Å². The van der Waals surface area contributed by atoms with Crippen molar-refractivity contribution in [3.05, 3.63) is 46.7 Å². The van der Waals surface area contributed by atoms with E-state index in [2.05, 4.69) is 9.97 Å². The molecule has 2 aromatic rings. The lowest BCUT2D eigenvalue weighted by Gasteiger charge is -2.54. The van der Waals surface area contributed by atoms with E-state index in [9.17, 15) is 23.5 Å². The summed E-state index contributed by atoms with van der Waals surface area (Å²) < 4.78 is 34.4. The predicted molar refractivity (Wildman–Crippen MR) is 122 cm³/mol. The first-order valence-corrected chi connectivity index (χ1v) is 12.8. The van der Waals surface area contributed by atoms with Crippen molar-refractivity contribution in [2.45, 2.75) is 55.8 Å². The number of hydrogen-bond donors (Lipinski definition) is 2. The van der Waals surface area contributed by atoms with E-state index in [0.29, 0.717) is 47.5 Å². The van der Waals surface area contributed by atoms with Gasteiger partial charge in [-0.15, -0.1) is 11.3 Å². The topological polar surface area (TPSA) is 115 Å². The molecule has 0 radical (unpaired) electrons. The molecular weight excluding hydrogens is 558 g/mol. The first-order chi connectivity index (χ1) is 16.6. The number of carbonyl (C=O) groups excluding carboxylic acids is 2. The van der Waals surface area contributed by atoms with Crippen molar-refractivity contribution in [2.24, 2.45) is 17.6 Å². The summed E-state index contributed by atoms with van der Waals surface area (Å²) in [5.41, 5.74) is 4.15. The van der Waals surface area contributed by atoms with E-state index < -0.39 is 47.9 Å². The van der Waals surface area contributed by atoms with E-state index in [1.54, 1.807) is 17.5 Å². The van der Waals surface area contributed by atoms with Crippen molar-refractivity contribution in [1.82, 2.24) is 9.97 Å². The smallest absolute Gasteiger partial charge is 0.344 e. The number of ether oxygens (including phenoxy) is 1. The van der Waals surface area contributed by atoms with E-state index in [1.807, 2.05) is 0 Å². The first-order valence-electron chi connectivity index (χ1n) is 11.9. The van der Waals surface area contributed by atoms with Gasteiger partial charge in [-0.25, -0.2) is 13.6 Å². The highest BCUT2D eigenvalue weighted by molar-refractivity contribution is 7.10. The fourth-order valence-corrected chi connectivity index (χ4v) is 7.20. The zero-order chi connectivity index (χ0) is 24.8. The highest BCUT2D eigenvalue weighted by Gasteiger charge is 2.58. The van der Waals surface area contributed by atoms with Gasteiger partial charge in [-0.2, -0.15) is 0 Å². The van der Waals surface area contributed by atoms with Crippen LogP contribution in [0.4, 0.5) is 8.78 Å². The van der Waals surface area contributed by atoms with Gasteiger partial charge in [0.1, 0.15) is 12.2 Å². The molecule has 3 saturated heterocycles. The van der Waals surface area contributed by atoms with Crippen LogP contribution in [-0.4, -0.2) is 63.1 Å². The van der Waals surface area contributed by atoms with Crippen molar-refractivity contribution in [2.75, 3.05) is 19.6 Å². The second-order valence-electron chi connectivity index (χ2n) is 10.1. The minimum absolute atomic E-state index is 0. The average molecular weight is 587 g/mol. The second-order valence-corrected chi connectivity index (χ2v) is 11.1. The van der Waals surface area contributed by atoms with E-state index in [0.717, 1.165) is 11.3 Å². The molecule has 2 aromatic heterocycles. The minimum Gasteiger partial charge on any atom is -1.00 e. The van der Waals surface area contributed by atoms with Crippen LogP contribution < -0.4 is 22.7 Å². The molecule has 1 amide bonds. The molecule has 12 heteroatoms. The van der Waals surface area contributed by atoms with Crippen LogP contribution in [0.3, 0.4) is 0 Å². The molecule has 4 fully saturated rings. The Morgan fingerprint density at radius 3 is 2.58 bits per heavy atom. The van der Waals surface area contributed by atoms with Gasteiger partial charge in [0.15, 0.2) is 11.7 Å². The number of aromatic nitrogens is 2. The van der Waals surface area contributed by atoms with Gasteiger partial charge >= 0.3 is 5.97 Å². The zero-order valence-electron chi connectivity index (χ0n) is 19.6. The molecule has 0 aromatic carbocycles. The molecule has 1 aliphatic carbocycles. The van der Waals surface area contributed by atoms with Gasteiger partial charge in [-0.1, -0.05) is 6.07 Å². The Balaban J connectivity index is 0.00000304. The fraction of sp³-hybridized carbons (Fsp3) is 0.583. The Morgan fingerprint density at radius 1 is 1.28 bits per heavy atom. The summed E-state index contributed by atoms with van der Waals surface area (Å²) in [7, 11) is 0. The number of amides is 1. The third kappa shape index (κ3) is 4.68. The number of hydrogen-bond acceptors (Lipinski definition) is 7. The standard InChI is InChI=1S/C24H28F2N4O4S.BrH/c25-23(26)6-3-16(12-23)24(33,19-2-1-11-35-19)22(32)34-18-14-30(9-4-15(18)5-10-30)20(21(27)31)17-13-28-7-8-29-17;/h1-2,7-8,11,13,15-16,18,20,33H,3-6,9-10,12,14H2,(H-,27,31);1H/t15?,16?,18-,20?,24?,30?;/m0./s1. The van der Waals surface area contributed by atoms with Crippen LogP contribution >= 0.6 is 11.3 Å². The molecule has 3 aliphatic heterocycles. The van der Waals surface area contributed by atoms with E-state index in [1.165, 1.54) is 18.6 Å². The van der Waals surface area contributed by atoms with E-state index >= 15 is 0 Å². The Hall–Kier alpha value is -2.02. The molecular formula is C24H29BrF2N4O4S. The molecule has 5 heterocycles. The molecule has 3 unspecified atom stereocenters. The number of esters is 1. The molecule has 4 atom stereocenters. The summed E-state index contributed by atoms with van der Waals surface area (Å²) in [4.78, 5) is 34.8. The number of piperidine rings is 3. The molecule has 4 aliphatic rings. The number of quaternary nitrogens is 1. The number of fused-ring (bicyclic) bond motifs is 3. The monoisotopic (exact) mass is 586 g/mol. The minimum atomic E-state index is -2.92.